The fraction of sp³-hybridized carbons (Fsp3) is 0.545. The molecule has 0 aliphatic heterocycles. The molecule has 0 aromatic carbocycles. The highest BCUT2D eigenvalue weighted by Crippen LogP contribution is 2.17. The first-order valence-corrected chi connectivity index (χ1v) is 7.24. The topological polar surface area (TPSA) is 65.1 Å². The van der Waals surface area contributed by atoms with Crippen LogP contribution in [0.1, 0.15) is 37.8 Å². The Morgan fingerprint density at radius 1 is 1.50 bits per heavy atom. The number of nitrogens with zero attached hydrogens (tertiary/aromatic N) is 2. The molecule has 0 radical (unpaired) electrons. The second kappa shape index (κ2) is 6.84. The second-order valence-electron chi connectivity index (χ2n) is 4.31. The highest BCUT2D eigenvalue weighted by Gasteiger charge is 2.13. The monoisotopic (exact) mass is 329 g/mol. The van der Waals surface area contributed by atoms with Crippen LogP contribution in [0.4, 0.5) is 0 Å². The Balaban J connectivity index is 1.74. The number of rotatable bonds is 3. The van der Waals surface area contributed by atoms with E-state index in [1.165, 1.54) is 32.1 Å². The predicted molar refractivity (Wildman–Crippen MR) is 79.6 cm³/mol. The van der Waals surface area contributed by atoms with Gasteiger partial charge in [-0.2, -0.15) is 10.2 Å². The van der Waals surface area contributed by atoms with E-state index in [0.717, 1.165) is 10.2 Å². The molecule has 0 atom stereocenters. The SMILES string of the molecule is S=C(N/N=C\c1[nH]ncc1Br)NC1CCCCC1. The smallest absolute Gasteiger partial charge is 0.187 e. The van der Waals surface area contributed by atoms with Crippen molar-refractivity contribution in [3.8, 4) is 0 Å². The van der Waals surface area contributed by atoms with Crippen molar-refractivity contribution in [1.29, 1.82) is 0 Å². The summed E-state index contributed by atoms with van der Waals surface area (Å²) in [5.41, 5.74) is 3.62. The van der Waals surface area contributed by atoms with Gasteiger partial charge in [0.05, 0.1) is 22.6 Å². The Morgan fingerprint density at radius 3 is 2.94 bits per heavy atom. The van der Waals surface area contributed by atoms with E-state index in [1.807, 2.05) is 0 Å². The number of aromatic nitrogens is 2. The van der Waals surface area contributed by atoms with Crippen LogP contribution in [0.25, 0.3) is 0 Å². The maximum Gasteiger partial charge on any atom is 0.187 e. The fourth-order valence-corrected chi connectivity index (χ4v) is 2.50. The average molecular weight is 330 g/mol. The van der Waals surface area contributed by atoms with Gasteiger partial charge in [-0.15, -0.1) is 0 Å². The van der Waals surface area contributed by atoms with Gasteiger partial charge < -0.3 is 5.32 Å². The van der Waals surface area contributed by atoms with Crippen LogP contribution in [0.5, 0.6) is 0 Å². The summed E-state index contributed by atoms with van der Waals surface area (Å²) in [5, 5.41) is 14.6. The number of halogens is 1. The molecule has 0 bridgehead atoms. The lowest BCUT2D eigenvalue weighted by Crippen LogP contribution is -2.40. The molecule has 0 amide bonds. The maximum absolute atomic E-state index is 5.19. The van der Waals surface area contributed by atoms with Crippen molar-refractivity contribution in [3.63, 3.8) is 0 Å². The zero-order valence-corrected chi connectivity index (χ0v) is 12.4. The van der Waals surface area contributed by atoms with Crippen LogP contribution in [-0.2, 0) is 0 Å². The van der Waals surface area contributed by atoms with Gasteiger partial charge in [-0.25, -0.2) is 0 Å². The van der Waals surface area contributed by atoms with Crippen molar-refractivity contribution in [3.05, 3.63) is 16.4 Å². The van der Waals surface area contributed by atoms with Gasteiger partial charge in [0.25, 0.3) is 0 Å². The van der Waals surface area contributed by atoms with E-state index in [-0.39, 0.29) is 0 Å². The molecule has 98 valence electrons. The van der Waals surface area contributed by atoms with Crippen molar-refractivity contribution >= 4 is 39.5 Å². The van der Waals surface area contributed by atoms with Crippen LogP contribution in [-0.4, -0.2) is 27.6 Å². The Labute approximate surface area is 120 Å². The number of thiocarbonyl (C=S) groups is 1. The molecule has 18 heavy (non-hydrogen) atoms. The number of aromatic amines is 1. The minimum atomic E-state index is 0.493. The predicted octanol–water partition coefficient (Wildman–Crippen LogP) is 2.30. The first kappa shape index (κ1) is 13.5. The van der Waals surface area contributed by atoms with E-state index < -0.39 is 0 Å². The van der Waals surface area contributed by atoms with Crippen molar-refractivity contribution in [2.24, 2.45) is 5.10 Å². The molecular weight excluding hydrogens is 314 g/mol. The number of hydrazone groups is 1. The Kier molecular flexibility index (Phi) is 5.12. The molecule has 5 nitrogen and oxygen atoms in total. The molecule has 0 unspecified atom stereocenters. The molecule has 1 aromatic rings. The summed E-state index contributed by atoms with van der Waals surface area (Å²) in [6.07, 6.45) is 9.61. The van der Waals surface area contributed by atoms with Crippen molar-refractivity contribution < 1.29 is 0 Å². The van der Waals surface area contributed by atoms with Crippen LogP contribution in [0.2, 0.25) is 0 Å². The van der Waals surface area contributed by atoms with E-state index in [0.29, 0.717) is 11.2 Å². The van der Waals surface area contributed by atoms with Gasteiger partial charge >= 0.3 is 0 Å². The van der Waals surface area contributed by atoms with E-state index in [4.69, 9.17) is 12.2 Å². The summed E-state index contributed by atoms with van der Waals surface area (Å²) >= 11 is 8.54. The normalized spacial score (nSPS) is 16.9. The van der Waals surface area contributed by atoms with Gasteiger partial charge in [-0.05, 0) is 41.0 Å². The largest absolute Gasteiger partial charge is 0.359 e. The molecule has 1 heterocycles. The van der Waals surface area contributed by atoms with Crippen molar-refractivity contribution in [1.82, 2.24) is 20.9 Å². The molecule has 1 aromatic heterocycles. The molecule has 1 saturated carbocycles. The molecule has 2 rings (SSSR count). The minimum Gasteiger partial charge on any atom is -0.359 e. The van der Waals surface area contributed by atoms with Gasteiger partial charge in [0.2, 0.25) is 0 Å². The standard InChI is InChI=1S/C11H16BrN5S/c12-9-6-13-16-10(9)7-14-17-11(18)15-8-4-2-1-3-5-8/h6-8H,1-5H2,(H,13,16)(H2,15,17,18)/b14-7-. The summed E-state index contributed by atoms with van der Waals surface area (Å²) in [5.74, 6) is 0. The first-order valence-electron chi connectivity index (χ1n) is 6.04. The van der Waals surface area contributed by atoms with Gasteiger partial charge in [0, 0.05) is 6.04 Å². The average Bonchev–Trinajstić information content (AvgIpc) is 2.76. The number of H-pyrrole nitrogens is 1. The highest BCUT2D eigenvalue weighted by atomic mass is 79.9. The van der Waals surface area contributed by atoms with E-state index in [1.54, 1.807) is 12.4 Å². The van der Waals surface area contributed by atoms with Crippen LogP contribution < -0.4 is 10.7 Å². The van der Waals surface area contributed by atoms with Crippen molar-refractivity contribution in [2.45, 2.75) is 38.1 Å². The summed E-state index contributed by atoms with van der Waals surface area (Å²) in [4.78, 5) is 0. The highest BCUT2D eigenvalue weighted by molar-refractivity contribution is 9.10. The molecule has 1 aliphatic carbocycles. The van der Waals surface area contributed by atoms with Gasteiger partial charge in [0.15, 0.2) is 5.11 Å². The second-order valence-corrected chi connectivity index (χ2v) is 5.57. The maximum atomic E-state index is 5.19. The molecule has 1 fully saturated rings. The summed E-state index contributed by atoms with van der Waals surface area (Å²) in [6, 6.07) is 0.493. The minimum absolute atomic E-state index is 0.493. The fourth-order valence-electron chi connectivity index (χ4n) is 1.99. The summed E-state index contributed by atoms with van der Waals surface area (Å²) in [7, 11) is 0. The molecule has 0 saturated heterocycles. The lowest BCUT2D eigenvalue weighted by molar-refractivity contribution is 0.412. The zero-order valence-electron chi connectivity index (χ0n) is 9.95. The number of hydrogen-bond acceptors (Lipinski definition) is 3. The van der Waals surface area contributed by atoms with Crippen LogP contribution in [0.15, 0.2) is 15.8 Å². The molecule has 3 N–H and O–H groups in total. The molecule has 1 aliphatic rings. The lowest BCUT2D eigenvalue weighted by atomic mass is 9.96. The molecule has 0 spiro atoms. The first-order chi connectivity index (χ1) is 8.75. The quantitative estimate of drug-likeness (QED) is 0.452. The Bertz CT molecular complexity index is 425. The third-order valence-corrected chi connectivity index (χ3v) is 3.76. The van der Waals surface area contributed by atoms with Crippen molar-refractivity contribution in [2.75, 3.05) is 0 Å². The third-order valence-electron chi connectivity index (χ3n) is 2.92. The third kappa shape index (κ3) is 4.06. The summed E-state index contributed by atoms with van der Waals surface area (Å²) in [6.45, 7) is 0. The number of nitrogens with one attached hydrogen (secondary N) is 3. The van der Waals surface area contributed by atoms with Gasteiger partial charge in [-0.3, -0.25) is 10.5 Å². The summed E-state index contributed by atoms with van der Waals surface area (Å²) < 4.78 is 0.874. The van der Waals surface area contributed by atoms with E-state index in [9.17, 15) is 0 Å². The molecule has 7 heteroatoms. The lowest BCUT2D eigenvalue weighted by Gasteiger charge is -2.23. The molecular formula is C11H16BrN5S. The van der Waals surface area contributed by atoms with Gasteiger partial charge in [-0.1, -0.05) is 19.3 Å². The van der Waals surface area contributed by atoms with E-state index in [2.05, 4.69) is 42.0 Å². The zero-order chi connectivity index (χ0) is 12.8. The van der Waals surface area contributed by atoms with Gasteiger partial charge in [0.1, 0.15) is 0 Å². The Hall–Kier alpha value is -0.950. The van der Waals surface area contributed by atoms with E-state index >= 15 is 0 Å². The van der Waals surface area contributed by atoms with Crippen LogP contribution in [0.3, 0.4) is 0 Å². The van der Waals surface area contributed by atoms with Crippen LogP contribution in [0, 0.1) is 0 Å². The Morgan fingerprint density at radius 2 is 2.28 bits per heavy atom. The van der Waals surface area contributed by atoms with Crippen LogP contribution >= 0.6 is 28.1 Å². The number of hydrogen-bond donors (Lipinski definition) is 3.